The van der Waals surface area contributed by atoms with Gasteiger partial charge in [0.25, 0.3) is 0 Å². The maximum Gasteiger partial charge on any atom is 0.318 e. The van der Waals surface area contributed by atoms with E-state index in [1.807, 2.05) is 17.9 Å². The highest BCUT2D eigenvalue weighted by molar-refractivity contribution is 5.99. The van der Waals surface area contributed by atoms with E-state index in [0.717, 1.165) is 11.8 Å². The minimum absolute atomic E-state index is 0.0590. The predicted octanol–water partition coefficient (Wildman–Crippen LogP) is 5.29. The van der Waals surface area contributed by atoms with Crippen molar-refractivity contribution < 1.29 is 22.7 Å². The number of halogens is 3. The van der Waals surface area contributed by atoms with Crippen molar-refractivity contribution in [3.63, 3.8) is 0 Å². The third-order valence-electron chi connectivity index (χ3n) is 7.56. The number of fused-ring (bicyclic) bond motifs is 2. The lowest BCUT2D eigenvalue weighted by Gasteiger charge is -2.40. The number of amides is 1. The summed E-state index contributed by atoms with van der Waals surface area (Å²) in [5, 5.41) is 0.663. The molecule has 6 rings (SSSR count). The maximum absolute atomic E-state index is 16.1. The van der Waals surface area contributed by atoms with Crippen LogP contribution in [-0.2, 0) is 4.79 Å². The van der Waals surface area contributed by atoms with Crippen LogP contribution in [0.2, 0.25) is 0 Å². The summed E-state index contributed by atoms with van der Waals surface area (Å²) in [6.45, 7) is 5.27. The Morgan fingerprint density at radius 2 is 1.86 bits per heavy atom. The zero-order valence-electron chi connectivity index (χ0n) is 24.5. The zero-order valence-corrected chi connectivity index (χ0v) is 24.5. The Kier molecular flexibility index (Phi) is 7.58. The molecule has 1 aliphatic rings. The highest BCUT2D eigenvalue weighted by atomic mass is 19.2. The molecule has 12 heteroatoms. The number of nitrogens with zero attached hydrogens (tertiary/aromatic N) is 7. The van der Waals surface area contributed by atoms with E-state index < -0.39 is 17.5 Å². The Labute approximate surface area is 251 Å². The number of ether oxygens (including phenoxy) is 1. The second-order valence-electron chi connectivity index (χ2n) is 10.8. The average molecular weight is 600 g/mol. The van der Waals surface area contributed by atoms with Gasteiger partial charge >= 0.3 is 6.01 Å². The molecule has 2 aromatic carbocycles. The molecule has 0 atom stereocenters. The molecule has 1 amide bonds. The third-order valence-corrected chi connectivity index (χ3v) is 7.56. The van der Waals surface area contributed by atoms with E-state index in [9.17, 15) is 13.6 Å². The molecular weight excluding hydrogens is 571 g/mol. The van der Waals surface area contributed by atoms with Crippen LogP contribution >= 0.6 is 0 Å². The first-order valence-corrected chi connectivity index (χ1v) is 13.9. The van der Waals surface area contributed by atoms with Crippen LogP contribution in [0, 0.1) is 37.2 Å². The van der Waals surface area contributed by atoms with Gasteiger partial charge in [-0.1, -0.05) is 24.3 Å². The van der Waals surface area contributed by atoms with Gasteiger partial charge in [-0.05, 0) is 37.4 Å². The van der Waals surface area contributed by atoms with Crippen molar-refractivity contribution in [1.29, 1.82) is 0 Å². The van der Waals surface area contributed by atoms with Crippen molar-refractivity contribution in [2.45, 2.75) is 13.8 Å². The van der Waals surface area contributed by atoms with E-state index in [1.54, 1.807) is 37.1 Å². The first kappa shape index (κ1) is 29.0. The quantitative estimate of drug-likeness (QED) is 0.233. The van der Waals surface area contributed by atoms with Crippen LogP contribution in [-0.4, -0.2) is 69.5 Å². The summed E-state index contributed by atoms with van der Waals surface area (Å²) in [5.74, 6) is -1.88. The average Bonchev–Trinajstić information content (AvgIpc) is 2.98. The molecule has 0 unspecified atom stereocenters. The van der Waals surface area contributed by atoms with E-state index >= 15 is 4.39 Å². The summed E-state index contributed by atoms with van der Waals surface area (Å²) in [7, 11) is 3.18. The second-order valence-corrected chi connectivity index (χ2v) is 10.8. The van der Waals surface area contributed by atoms with Gasteiger partial charge in [0.15, 0.2) is 17.5 Å². The number of methoxy groups -OCH3 is 1. The third kappa shape index (κ3) is 5.38. The van der Waals surface area contributed by atoms with Gasteiger partial charge in [-0.25, -0.2) is 23.1 Å². The van der Waals surface area contributed by atoms with Crippen molar-refractivity contribution >= 4 is 39.5 Å². The van der Waals surface area contributed by atoms with Crippen molar-refractivity contribution in [2.24, 2.45) is 5.92 Å². The molecule has 5 aromatic rings. The maximum atomic E-state index is 16.1. The van der Waals surface area contributed by atoms with E-state index in [-0.39, 0.29) is 40.0 Å². The number of anilines is 1. The van der Waals surface area contributed by atoms with Crippen molar-refractivity contribution in [3.05, 3.63) is 83.3 Å². The fraction of sp³-hybridized carbons (Fsp3) is 0.250. The van der Waals surface area contributed by atoms with Gasteiger partial charge in [-0.2, -0.15) is 9.97 Å². The number of aromatic nitrogens is 5. The van der Waals surface area contributed by atoms with Crippen LogP contribution < -0.4 is 9.64 Å². The minimum Gasteiger partial charge on any atom is -0.467 e. The van der Waals surface area contributed by atoms with Crippen LogP contribution in [0.1, 0.15) is 17.2 Å². The molecule has 44 heavy (non-hydrogen) atoms. The number of hydrogen-bond donors (Lipinski definition) is 0. The SMILES string of the molecule is COc1nc(N(C)CC2CN(C(=O)/C=C/c3cc(C)nc(C)n3)C2)c2cnc(-c3cccc4ccc(F)c(F)c34)c(F)c2n1. The fourth-order valence-corrected chi connectivity index (χ4v) is 5.53. The van der Waals surface area contributed by atoms with Gasteiger partial charge in [0.1, 0.15) is 22.9 Å². The molecule has 1 fully saturated rings. The summed E-state index contributed by atoms with van der Waals surface area (Å²) in [4.78, 5) is 37.8. The fourth-order valence-electron chi connectivity index (χ4n) is 5.53. The normalized spacial score (nSPS) is 13.6. The van der Waals surface area contributed by atoms with E-state index in [2.05, 4.69) is 24.9 Å². The van der Waals surface area contributed by atoms with Crippen molar-refractivity contribution in [3.8, 4) is 17.3 Å². The first-order chi connectivity index (χ1) is 21.1. The molecule has 1 aliphatic heterocycles. The molecule has 1 saturated heterocycles. The summed E-state index contributed by atoms with van der Waals surface area (Å²) < 4.78 is 50.3. The number of carbonyl (C=O) groups is 1. The minimum atomic E-state index is -1.08. The Balaban J connectivity index is 1.23. The van der Waals surface area contributed by atoms with Gasteiger partial charge in [-0.3, -0.25) is 9.78 Å². The Morgan fingerprint density at radius 3 is 2.61 bits per heavy atom. The summed E-state index contributed by atoms with van der Waals surface area (Å²) in [6.07, 6.45) is 4.61. The molecule has 0 saturated carbocycles. The van der Waals surface area contributed by atoms with E-state index in [4.69, 9.17) is 4.74 Å². The Bertz CT molecular complexity index is 1940. The number of rotatable bonds is 7. The predicted molar refractivity (Wildman–Crippen MR) is 161 cm³/mol. The van der Waals surface area contributed by atoms with E-state index in [1.165, 1.54) is 31.5 Å². The number of carbonyl (C=O) groups excluding carboxylic acids is 1. The summed E-state index contributed by atoms with van der Waals surface area (Å²) in [5.41, 5.74) is 1.37. The number of likely N-dealkylation sites (tertiary alicyclic amines) is 1. The van der Waals surface area contributed by atoms with Crippen molar-refractivity contribution in [1.82, 2.24) is 29.8 Å². The topological polar surface area (TPSA) is 97.2 Å². The summed E-state index contributed by atoms with van der Waals surface area (Å²) >= 11 is 0. The molecule has 0 spiro atoms. The molecule has 0 N–H and O–H groups in total. The van der Waals surface area contributed by atoms with Gasteiger partial charge in [0, 0.05) is 61.5 Å². The monoisotopic (exact) mass is 599 g/mol. The molecule has 4 heterocycles. The van der Waals surface area contributed by atoms with Gasteiger partial charge in [0.2, 0.25) is 5.91 Å². The molecule has 224 valence electrons. The summed E-state index contributed by atoms with van der Waals surface area (Å²) in [6, 6.07) is 8.94. The number of benzene rings is 2. The molecule has 0 aliphatic carbocycles. The van der Waals surface area contributed by atoms with Gasteiger partial charge < -0.3 is 14.5 Å². The molecule has 0 bridgehead atoms. The van der Waals surface area contributed by atoms with Crippen LogP contribution in [0.25, 0.3) is 39.0 Å². The standard InChI is InChI=1S/C32H28F3N7O2/c1-17-12-21(38-18(2)37-17)9-11-25(43)42-15-19(16-42)14-41(3)31-23-13-36-29(28(35)30(23)39-32(40-31)44-4)22-7-5-6-20-8-10-24(33)27(34)26(20)22/h5-13,19H,14-16H2,1-4H3/b11-9+. The molecule has 9 nitrogen and oxygen atoms in total. The van der Waals surface area contributed by atoms with Crippen LogP contribution in [0.5, 0.6) is 6.01 Å². The molecule has 3 aromatic heterocycles. The highest BCUT2D eigenvalue weighted by Crippen LogP contribution is 2.36. The van der Waals surface area contributed by atoms with Gasteiger partial charge in [0.05, 0.1) is 18.2 Å². The van der Waals surface area contributed by atoms with Crippen LogP contribution in [0.15, 0.2) is 48.7 Å². The number of aryl methyl sites for hydroxylation is 2. The lowest BCUT2D eigenvalue weighted by atomic mass is 9.99. The second kappa shape index (κ2) is 11.5. The number of hydrogen-bond acceptors (Lipinski definition) is 8. The zero-order chi connectivity index (χ0) is 31.1. The molecule has 0 radical (unpaired) electrons. The van der Waals surface area contributed by atoms with E-state index in [0.29, 0.717) is 47.7 Å². The molecular formula is C32H28F3N7O2. The van der Waals surface area contributed by atoms with Crippen molar-refractivity contribution in [2.75, 3.05) is 38.7 Å². The number of pyridine rings is 1. The van der Waals surface area contributed by atoms with Gasteiger partial charge in [-0.15, -0.1) is 0 Å². The Hall–Kier alpha value is -5.13. The lowest BCUT2D eigenvalue weighted by molar-refractivity contribution is -0.131. The first-order valence-electron chi connectivity index (χ1n) is 13.9. The lowest BCUT2D eigenvalue weighted by Crippen LogP contribution is -2.53. The smallest absolute Gasteiger partial charge is 0.318 e. The van der Waals surface area contributed by atoms with Crippen LogP contribution in [0.3, 0.4) is 0 Å². The largest absolute Gasteiger partial charge is 0.467 e. The Morgan fingerprint density at radius 1 is 1.07 bits per heavy atom. The van der Waals surface area contributed by atoms with Crippen LogP contribution in [0.4, 0.5) is 19.0 Å². The highest BCUT2D eigenvalue weighted by Gasteiger charge is 2.31.